The molecule has 1 atom stereocenters. The Labute approximate surface area is 111 Å². The van der Waals surface area contributed by atoms with Crippen molar-refractivity contribution in [3.8, 4) is 11.5 Å². The van der Waals surface area contributed by atoms with Gasteiger partial charge in [0.25, 0.3) is 0 Å². The Kier molecular flexibility index (Phi) is 3.94. The van der Waals surface area contributed by atoms with Crippen LogP contribution in [-0.2, 0) is 0 Å². The molecule has 0 saturated carbocycles. The zero-order chi connectivity index (χ0) is 13.8. The first-order chi connectivity index (χ1) is 9.13. The second-order valence-electron chi connectivity index (χ2n) is 4.45. The minimum atomic E-state index is 0.110. The molecule has 102 valence electrons. The van der Waals surface area contributed by atoms with Crippen LogP contribution in [0.15, 0.2) is 6.20 Å². The van der Waals surface area contributed by atoms with Gasteiger partial charge in [-0.1, -0.05) is 20.3 Å². The van der Waals surface area contributed by atoms with Crippen molar-refractivity contribution >= 4 is 11.9 Å². The van der Waals surface area contributed by atoms with Crippen LogP contribution in [0.2, 0.25) is 0 Å². The summed E-state index contributed by atoms with van der Waals surface area (Å²) < 4.78 is 0. The number of rotatable bonds is 5. The number of imidazole rings is 1. The summed E-state index contributed by atoms with van der Waals surface area (Å²) in [7, 11) is 0. The maximum absolute atomic E-state index is 5.56. The van der Waals surface area contributed by atoms with Gasteiger partial charge in [-0.15, -0.1) is 0 Å². The molecule has 0 aliphatic carbocycles. The summed E-state index contributed by atoms with van der Waals surface area (Å²) in [4.78, 5) is 19.5. The van der Waals surface area contributed by atoms with E-state index in [2.05, 4.69) is 38.8 Å². The molecule has 0 aromatic carbocycles. The predicted molar refractivity (Wildman–Crippen MR) is 74.2 cm³/mol. The number of H-pyrrole nitrogens is 1. The van der Waals surface area contributed by atoms with Crippen molar-refractivity contribution < 1.29 is 0 Å². The number of nitrogens with zero attached hydrogens (tertiary/aromatic N) is 4. The lowest BCUT2D eigenvalue weighted by Gasteiger charge is -2.09. The topological polar surface area (TPSA) is 119 Å². The van der Waals surface area contributed by atoms with Crippen LogP contribution >= 0.6 is 0 Å². The van der Waals surface area contributed by atoms with Crippen LogP contribution in [0.4, 0.5) is 11.9 Å². The molecule has 1 unspecified atom stereocenters. The molecule has 0 spiro atoms. The van der Waals surface area contributed by atoms with Crippen molar-refractivity contribution in [2.24, 2.45) is 0 Å². The monoisotopic (exact) mass is 261 g/mol. The molecule has 0 radical (unpaired) electrons. The minimum Gasteiger partial charge on any atom is -0.368 e. The molecular weight excluding hydrogens is 242 g/mol. The van der Waals surface area contributed by atoms with Crippen molar-refractivity contribution in [2.75, 3.05) is 11.5 Å². The third-order valence-corrected chi connectivity index (χ3v) is 3.02. The van der Waals surface area contributed by atoms with E-state index < -0.39 is 0 Å². The summed E-state index contributed by atoms with van der Waals surface area (Å²) in [6.45, 7) is 4.32. The first kappa shape index (κ1) is 13.3. The van der Waals surface area contributed by atoms with Crippen molar-refractivity contribution in [3.63, 3.8) is 0 Å². The zero-order valence-electron chi connectivity index (χ0n) is 11.2. The highest BCUT2D eigenvalue weighted by Crippen LogP contribution is 2.24. The highest BCUT2D eigenvalue weighted by Gasteiger charge is 2.14. The van der Waals surface area contributed by atoms with Gasteiger partial charge in [-0.2, -0.15) is 15.0 Å². The Morgan fingerprint density at radius 2 is 1.84 bits per heavy atom. The lowest BCUT2D eigenvalue weighted by molar-refractivity contribution is 0.570. The van der Waals surface area contributed by atoms with E-state index in [-0.39, 0.29) is 11.9 Å². The number of aromatic amines is 1. The molecule has 0 aliphatic heterocycles. The van der Waals surface area contributed by atoms with E-state index in [1.54, 1.807) is 6.20 Å². The van der Waals surface area contributed by atoms with E-state index in [9.17, 15) is 0 Å². The fourth-order valence-electron chi connectivity index (χ4n) is 2.07. The van der Waals surface area contributed by atoms with E-state index in [0.717, 1.165) is 25.1 Å². The molecule has 2 rings (SSSR count). The van der Waals surface area contributed by atoms with Gasteiger partial charge >= 0.3 is 0 Å². The van der Waals surface area contributed by atoms with Crippen molar-refractivity contribution in [1.29, 1.82) is 0 Å². The van der Waals surface area contributed by atoms with Gasteiger partial charge in [0.1, 0.15) is 11.5 Å². The molecular formula is C12H19N7. The number of nitrogens with two attached hydrogens (primary N) is 2. The van der Waals surface area contributed by atoms with E-state index in [4.69, 9.17) is 11.5 Å². The number of hydrogen-bond acceptors (Lipinski definition) is 6. The second kappa shape index (κ2) is 5.64. The maximum atomic E-state index is 5.56. The molecule has 0 bridgehead atoms. The average Bonchev–Trinajstić information content (AvgIpc) is 2.84. The fourth-order valence-corrected chi connectivity index (χ4v) is 2.07. The summed E-state index contributed by atoms with van der Waals surface area (Å²) in [5.74, 6) is 2.03. The Bertz CT molecular complexity index is 529. The lowest BCUT2D eigenvalue weighted by Crippen LogP contribution is -2.04. The number of nitrogen functional groups attached to an aromatic ring is 2. The second-order valence-corrected chi connectivity index (χ2v) is 4.45. The van der Waals surface area contributed by atoms with Gasteiger partial charge in [-0.05, 0) is 12.8 Å². The summed E-state index contributed by atoms with van der Waals surface area (Å²) in [6.07, 6.45) is 4.98. The van der Waals surface area contributed by atoms with Crippen LogP contribution in [0.5, 0.6) is 0 Å². The van der Waals surface area contributed by atoms with Gasteiger partial charge in [-0.3, -0.25) is 0 Å². The fraction of sp³-hybridized carbons (Fsp3) is 0.500. The van der Waals surface area contributed by atoms with E-state index in [0.29, 0.717) is 17.4 Å². The zero-order valence-corrected chi connectivity index (χ0v) is 11.2. The molecule has 0 fully saturated rings. The van der Waals surface area contributed by atoms with Gasteiger partial charge in [0.2, 0.25) is 11.9 Å². The van der Waals surface area contributed by atoms with Crippen LogP contribution in [-0.4, -0.2) is 24.9 Å². The maximum Gasteiger partial charge on any atom is 0.225 e. The van der Waals surface area contributed by atoms with Crippen LogP contribution in [0.1, 0.15) is 44.9 Å². The molecule has 5 N–H and O–H groups in total. The van der Waals surface area contributed by atoms with Crippen LogP contribution < -0.4 is 11.5 Å². The molecule has 7 nitrogen and oxygen atoms in total. The number of anilines is 2. The third kappa shape index (κ3) is 2.98. The summed E-state index contributed by atoms with van der Waals surface area (Å²) in [5.41, 5.74) is 11.8. The largest absolute Gasteiger partial charge is 0.368 e. The van der Waals surface area contributed by atoms with E-state index in [1.165, 1.54) is 0 Å². The van der Waals surface area contributed by atoms with Gasteiger partial charge in [0.05, 0.1) is 6.20 Å². The van der Waals surface area contributed by atoms with E-state index >= 15 is 0 Å². The quantitative estimate of drug-likeness (QED) is 0.753. The predicted octanol–water partition coefficient (Wildman–Crippen LogP) is 1.72. The number of hydrogen-bond donors (Lipinski definition) is 3. The molecule has 2 aromatic rings. The summed E-state index contributed by atoms with van der Waals surface area (Å²) in [5, 5.41) is 0. The Hall–Kier alpha value is -2.18. The van der Waals surface area contributed by atoms with Crippen molar-refractivity contribution in [3.05, 3.63) is 12.0 Å². The van der Waals surface area contributed by atoms with Crippen molar-refractivity contribution in [2.45, 2.75) is 39.0 Å². The average molecular weight is 261 g/mol. The normalized spacial score (nSPS) is 12.5. The molecule has 0 amide bonds. The molecule has 0 aliphatic rings. The first-order valence-electron chi connectivity index (χ1n) is 6.46. The molecule has 7 heteroatoms. The molecule has 19 heavy (non-hydrogen) atoms. The SMILES string of the molecule is CCCC(CC)c1ncc(-c2nc(N)nc(N)n2)[nH]1. The van der Waals surface area contributed by atoms with Crippen LogP contribution in [0.3, 0.4) is 0 Å². The molecule has 2 heterocycles. The number of aromatic nitrogens is 5. The highest BCUT2D eigenvalue weighted by atomic mass is 15.1. The van der Waals surface area contributed by atoms with Gasteiger partial charge in [0, 0.05) is 5.92 Å². The van der Waals surface area contributed by atoms with Crippen LogP contribution in [0.25, 0.3) is 11.5 Å². The Morgan fingerprint density at radius 1 is 1.16 bits per heavy atom. The molecule has 0 saturated heterocycles. The van der Waals surface area contributed by atoms with Crippen LogP contribution in [0, 0.1) is 0 Å². The van der Waals surface area contributed by atoms with Gasteiger partial charge < -0.3 is 16.5 Å². The third-order valence-electron chi connectivity index (χ3n) is 3.02. The number of nitrogens with one attached hydrogen (secondary N) is 1. The smallest absolute Gasteiger partial charge is 0.225 e. The summed E-state index contributed by atoms with van der Waals surface area (Å²) in [6, 6.07) is 0. The lowest BCUT2D eigenvalue weighted by atomic mass is 10.0. The van der Waals surface area contributed by atoms with Crippen molar-refractivity contribution in [1.82, 2.24) is 24.9 Å². The summed E-state index contributed by atoms with van der Waals surface area (Å²) >= 11 is 0. The van der Waals surface area contributed by atoms with Gasteiger partial charge in [0.15, 0.2) is 5.82 Å². The standard InChI is InChI=1S/C12H19N7/c1-3-5-7(4-2)9-15-6-8(16-9)10-17-11(13)19-12(14)18-10/h6-7H,3-5H2,1-2H3,(H,15,16)(H4,13,14,17,18,19). The Balaban J connectivity index is 2.29. The van der Waals surface area contributed by atoms with E-state index in [1.807, 2.05) is 0 Å². The van der Waals surface area contributed by atoms with Gasteiger partial charge in [-0.25, -0.2) is 4.98 Å². The molecule has 2 aromatic heterocycles. The first-order valence-corrected chi connectivity index (χ1v) is 6.46. The Morgan fingerprint density at radius 3 is 2.42 bits per heavy atom. The minimum absolute atomic E-state index is 0.110. The highest BCUT2D eigenvalue weighted by molar-refractivity contribution is 5.51.